The van der Waals surface area contributed by atoms with Gasteiger partial charge < -0.3 is 14.7 Å². The Morgan fingerprint density at radius 3 is 2.45 bits per heavy atom. The van der Waals surface area contributed by atoms with Gasteiger partial charge in [-0.05, 0) is 48.9 Å². The molecule has 1 aromatic carbocycles. The molecule has 0 spiro atoms. The van der Waals surface area contributed by atoms with Gasteiger partial charge in [0.05, 0.1) is 6.10 Å². The van der Waals surface area contributed by atoms with Crippen LogP contribution in [0.3, 0.4) is 0 Å². The Morgan fingerprint density at radius 2 is 1.77 bits per heavy atom. The van der Waals surface area contributed by atoms with Crippen LogP contribution < -0.4 is 4.74 Å². The van der Waals surface area contributed by atoms with E-state index in [0.717, 1.165) is 28.8 Å². The number of rotatable bonds is 4. The second-order valence-corrected chi connectivity index (χ2v) is 7.97. The number of benzene rings is 1. The predicted octanol–water partition coefficient (Wildman–Crippen LogP) is 2.80. The van der Waals surface area contributed by atoms with Crippen molar-refractivity contribution in [3.63, 3.8) is 0 Å². The minimum absolute atomic E-state index is 0.0995. The van der Waals surface area contributed by atoms with Crippen molar-refractivity contribution in [3.8, 4) is 17.1 Å². The number of aromatic nitrogens is 4. The monoisotopic (exact) mass is 419 g/mol. The van der Waals surface area contributed by atoms with Crippen LogP contribution >= 0.6 is 0 Å². The van der Waals surface area contributed by atoms with Crippen LogP contribution in [0.1, 0.15) is 23.3 Å². The highest BCUT2D eigenvalue weighted by Gasteiger charge is 2.43. The van der Waals surface area contributed by atoms with Crippen molar-refractivity contribution in [2.24, 2.45) is 11.8 Å². The highest BCUT2D eigenvalue weighted by atomic mass is 16.5. The number of carbonyl (C=O) groups excluding carboxylic acids is 1. The van der Waals surface area contributed by atoms with Crippen molar-refractivity contribution in [2.75, 3.05) is 13.1 Å². The zero-order valence-electron chi connectivity index (χ0n) is 16.7. The minimum Gasteiger partial charge on any atom is -0.490 e. The van der Waals surface area contributed by atoms with Gasteiger partial charge in [-0.25, -0.2) is 19.6 Å². The third-order valence-electron chi connectivity index (χ3n) is 5.94. The minimum atomic E-state index is -1.15. The fourth-order valence-electron chi connectivity index (χ4n) is 4.54. The van der Waals surface area contributed by atoms with E-state index in [4.69, 9.17) is 9.84 Å². The van der Waals surface area contributed by atoms with E-state index < -0.39 is 5.97 Å². The number of hydrogen-bond donors (Lipinski definition) is 1. The van der Waals surface area contributed by atoms with Crippen LogP contribution in [-0.2, 0) is 0 Å². The number of likely N-dealkylation sites (tertiary alicyclic amines) is 1. The van der Waals surface area contributed by atoms with Gasteiger partial charge >= 0.3 is 12.0 Å². The van der Waals surface area contributed by atoms with Crippen LogP contribution in [0.2, 0.25) is 0 Å². The lowest BCUT2D eigenvalue weighted by Gasteiger charge is -2.20. The summed E-state index contributed by atoms with van der Waals surface area (Å²) in [6.07, 6.45) is 6.68. The molecule has 0 bridgehead atoms. The Labute approximate surface area is 178 Å². The fourth-order valence-corrected chi connectivity index (χ4v) is 4.54. The molecule has 1 N–H and O–H groups in total. The van der Waals surface area contributed by atoms with Crippen LogP contribution in [0.4, 0.5) is 4.79 Å². The van der Waals surface area contributed by atoms with E-state index in [-0.39, 0.29) is 17.8 Å². The summed E-state index contributed by atoms with van der Waals surface area (Å²) in [4.78, 5) is 34.0. The Bertz CT molecular complexity index is 1100. The number of hydrogen-bond acceptors (Lipinski definition) is 6. The molecule has 3 heterocycles. The molecule has 5 rings (SSSR count). The molecule has 0 radical (unpaired) electrons. The molecule has 31 heavy (non-hydrogen) atoms. The van der Waals surface area contributed by atoms with Gasteiger partial charge in [0.1, 0.15) is 5.75 Å². The molecule has 158 valence electrons. The lowest BCUT2D eigenvalue weighted by molar-refractivity contribution is 0.0690. The van der Waals surface area contributed by atoms with Crippen LogP contribution in [-0.4, -0.2) is 60.9 Å². The zero-order valence-corrected chi connectivity index (χ0v) is 16.7. The summed E-state index contributed by atoms with van der Waals surface area (Å²) in [6, 6.07) is 10.6. The maximum absolute atomic E-state index is 12.6. The highest BCUT2D eigenvalue weighted by molar-refractivity contribution is 5.86. The van der Waals surface area contributed by atoms with E-state index >= 15 is 0 Å². The molecule has 1 unspecified atom stereocenters. The number of carbonyl (C=O) groups is 2. The molecule has 1 aliphatic carbocycles. The summed E-state index contributed by atoms with van der Waals surface area (Å²) in [5.74, 6) is 1.04. The fraction of sp³-hybridized carbons (Fsp3) is 0.318. The van der Waals surface area contributed by atoms with Gasteiger partial charge in [-0.15, -0.1) is 0 Å². The van der Waals surface area contributed by atoms with Crippen LogP contribution in [0.25, 0.3) is 11.4 Å². The molecule has 3 atom stereocenters. The first-order valence-corrected chi connectivity index (χ1v) is 10.2. The van der Waals surface area contributed by atoms with E-state index in [1.165, 1.54) is 12.3 Å². The third kappa shape index (κ3) is 3.86. The van der Waals surface area contributed by atoms with Gasteiger partial charge in [0, 0.05) is 37.2 Å². The second kappa shape index (κ2) is 7.82. The molecule has 1 amide bonds. The Morgan fingerprint density at radius 1 is 1.03 bits per heavy atom. The third-order valence-corrected chi connectivity index (χ3v) is 5.94. The van der Waals surface area contributed by atoms with Gasteiger partial charge in [-0.2, -0.15) is 9.78 Å². The van der Waals surface area contributed by atoms with Crippen molar-refractivity contribution >= 4 is 12.0 Å². The van der Waals surface area contributed by atoms with Gasteiger partial charge in [-0.1, -0.05) is 12.1 Å². The second-order valence-electron chi connectivity index (χ2n) is 7.97. The summed E-state index contributed by atoms with van der Waals surface area (Å²) in [7, 11) is 0. The molecule has 1 saturated carbocycles. The summed E-state index contributed by atoms with van der Waals surface area (Å²) < 4.78 is 7.35. The molecule has 2 aliphatic rings. The number of ether oxygens (including phenoxy) is 1. The SMILES string of the molecule is O=C(O)c1ccn(C(=O)N2C[C@H]3CC(Oc4cccc(-c5ncccn5)c4)C[C@H]3C2)n1. The summed E-state index contributed by atoms with van der Waals surface area (Å²) in [5, 5.41) is 12.8. The molecule has 1 saturated heterocycles. The van der Waals surface area contributed by atoms with Crippen molar-refractivity contribution in [1.29, 1.82) is 0 Å². The molecular formula is C22H21N5O4. The average Bonchev–Trinajstić information content (AvgIpc) is 3.49. The van der Waals surface area contributed by atoms with Crippen LogP contribution in [0.15, 0.2) is 55.0 Å². The van der Waals surface area contributed by atoms with Gasteiger partial charge in [0.15, 0.2) is 11.5 Å². The standard InChI is InChI=1S/C22H21N5O4/c28-21(29)19-5-8-27(25-19)22(30)26-12-15-10-18(11-16(15)13-26)31-17-4-1-3-14(9-17)20-23-6-2-7-24-20/h1-9,15-16,18H,10-13H2,(H,28,29)/t15-,16+,18?. The summed E-state index contributed by atoms with van der Waals surface area (Å²) in [6.45, 7) is 1.26. The first-order valence-electron chi connectivity index (χ1n) is 10.2. The lowest BCUT2D eigenvalue weighted by Crippen LogP contribution is -2.34. The van der Waals surface area contributed by atoms with Gasteiger partial charge in [0.2, 0.25) is 0 Å². The first-order chi connectivity index (χ1) is 15.1. The van der Waals surface area contributed by atoms with Crippen LogP contribution in [0.5, 0.6) is 5.75 Å². The average molecular weight is 419 g/mol. The molecule has 2 aromatic heterocycles. The zero-order chi connectivity index (χ0) is 21.4. The summed E-state index contributed by atoms with van der Waals surface area (Å²) in [5.41, 5.74) is 0.775. The van der Waals surface area contributed by atoms with Gasteiger partial charge in [0.25, 0.3) is 0 Å². The molecular weight excluding hydrogens is 398 g/mol. The molecule has 2 fully saturated rings. The van der Waals surface area contributed by atoms with E-state index in [9.17, 15) is 9.59 Å². The normalized spacial score (nSPS) is 22.3. The Balaban J connectivity index is 1.20. The number of carboxylic acids is 1. The van der Waals surface area contributed by atoms with Crippen molar-refractivity contribution in [2.45, 2.75) is 18.9 Å². The number of fused-ring (bicyclic) bond motifs is 1. The molecule has 9 nitrogen and oxygen atoms in total. The topological polar surface area (TPSA) is 110 Å². The Kier molecular flexibility index (Phi) is 4.85. The predicted molar refractivity (Wildman–Crippen MR) is 110 cm³/mol. The molecule has 9 heteroatoms. The van der Waals surface area contributed by atoms with E-state index in [2.05, 4.69) is 15.1 Å². The van der Waals surface area contributed by atoms with Gasteiger partial charge in [-0.3, -0.25) is 0 Å². The number of aromatic carboxylic acids is 1. The first kappa shape index (κ1) is 19.2. The lowest BCUT2D eigenvalue weighted by atomic mass is 10.0. The maximum atomic E-state index is 12.6. The van der Waals surface area contributed by atoms with Crippen molar-refractivity contribution in [1.82, 2.24) is 24.6 Å². The Hall–Kier alpha value is -3.75. The maximum Gasteiger partial charge on any atom is 0.356 e. The molecule has 3 aromatic rings. The van der Waals surface area contributed by atoms with Crippen molar-refractivity contribution in [3.05, 3.63) is 60.7 Å². The highest BCUT2D eigenvalue weighted by Crippen LogP contribution is 2.40. The van der Waals surface area contributed by atoms with E-state index in [1.54, 1.807) is 23.4 Å². The largest absolute Gasteiger partial charge is 0.490 e. The van der Waals surface area contributed by atoms with Crippen LogP contribution in [0, 0.1) is 11.8 Å². The van der Waals surface area contributed by atoms with E-state index in [0.29, 0.717) is 30.7 Å². The smallest absolute Gasteiger partial charge is 0.356 e. The number of carboxylic acid groups (broad SMARTS) is 1. The van der Waals surface area contributed by atoms with E-state index in [1.807, 2.05) is 24.3 Å². The van der Waals surface area contributed by atoms with Crippen molar-refractivity contribution < 1.29 is 19.4 Å². The summed E-state index contributed by atoms with van der Waals surface area (Å²) >= 11 is 0. The molecule has 1 aliphatic heterocycles. The number of amides is 1. The number of nitrogens with zero attached hydrogens (tertiary/aromatic N) is 5. The quantitative estimate of drug-likeness (QED) is 0.692.